The summed E-state index contributed by atoms with van der Waals surface area (Å²) in [6.07, 6.45) is 1.18. The van der Waals surface area contributed by atoms with Crippen molar-refractivity contribution in [3.05, 3.63) is 47.5 Å². The van der Waals surface area contributed by atoms with E-state index in [2.05, 4.69) is 9.50 Å². The third-order valence-corrected chi connectivity index (χ3v) is 4.64. The van der Waals surface area contributed by atoms with Crippen molar-refractivity contribution in [3.8, 4) is 23.0 Å². The number of carbonyl (C=O) groups excluding carboxylic acids is 1. The first-order valence-corrected chi connectivity index (χ1v) is 10.4. The molecule has 0 spiro atoms. The van der Waals surface area contributed by atoms with Gasteiger partial charge in [0.2, 0.25) is 5.91 Å². The van der Waals surface area contributed by atoms with Crippen LogP contribution in [0.4, 0.5) is 0 Å². The van der Waals surface area contributed by atoms with E-state index in [1.807, 2.05) is 18.2 Å². The molecule has 164 valence electrons. The van der Waals surface area contributed by atoms with Crippen molar-refractivity contribution in [1.82, 2.24) is 5.32 Å². The highest BCUT2D eigenvalue weighted by atomic mass is 32.3. The topological polar surface area (TPSA) is 120 Å². The molecule has 2 aromatic carbocycles. The summed E-state index contributed by atoms with van der Waals surface area (Å²) in [7, 11) is -0.205. The highest BCUT2D eigenvalue weighted by Gasteiger charge is 2.14. The molecule has 9 nitrogen and oxygen atoms in total. The molecule has 0 aliphatic heterocycles. The molecule has 0 saturated carbocycles. The van der Waals surface area contributed by atoms with E-state index in [1.54, 1.807) is 20.3 Å². The van der Waals surface area contributed by atoms with Gasteiger partial charge in [-0.3, -0.25) is 9.35 Å². The van der Waals surface area contributed by atoms with Gasteiger partial charge in [0.15, 0.2) is 23.0 Å². The van der Waals surface area contributed by atoms with Gasteiger partial charge in [-0.2, -0.15) is 8.42 Å². The van der Waals surface area contributed by atoms with E-state index >= 15 is 0 Å². The standard InChI is InChI=1S/C20H25NO8S/c1-26-16-7-5-15(12-18(16)28-3)10-11-21-20(22)9-6-14-4-8-17(27-2)19(13-14)29-30(23,24)25/h4-5,7-8,12-13H,6,9-11H2,1-3H3,(H,21,22)(H,23,24,25). The highest BCUT2D eigenvalue weighted by molar-refractivity contribution is 7.81. The maximum Gasteiger partial charge on any atom is 0.446 e. The fourth-order valence-electron chi connectivity index (χ4n) is 2.78. The number of methoxy groups -OCH3 is 3. The Balaban J connectivity index is 1.87. The van der Waals surface area contributed by atoms with Gasteiger partial charge in [-0.15, -0.1) is 0 Å². The smallest absolute Gasteiger partial charge is 0.446 e. The molecule has 2 rings (SSSR count). The molecule has 30 heavy (non-hydrogen) atoms. The third kappa shape index (κ3) is 7.12. The Hall–Kier alpha value is -2.98. The molecule has 0 radical (unpaired) electrons. The average Bonchev–Trinajstić information content (AvgIpc) is 2.71. The van der Waals surface area contributed by atoms with Crippen LogP contribution in [0.2, 0.25) is 0 Å². The lowest BCUT2D eigenvalue weighted by Gasteiger charge is -2.11. The van der Waals surface area contributed by atoms with E-state index < -0.39 is 10.4 Å². The second-order valence-corrected chi connectivity index (χ2v) is 7.31. The Morgan fingerprint density at radius 2 is 1.40 bits per heavy atom. The fraction of sp³-hybridized carbons (Fsp3) is 0.350. The van der Waals surface area contributed by atoms with Crippen LogP contribution >= 0.6 is 0 Å². The van der Waals surface area contributed by atoms with Gasteiger partial charge in [-0.05, 0) is 48.2 Å². The molecule has 0 saturated heterocycles. The first kappa shape index (κ1) is 23.3. The number of aryl methyl sites for hydroxylation is 1. The summed E-state index contributed by atoms with van der Waals surface area (Å²) in [4.78, 5) is 12.1. The van der Waals surface area contributed by atoms with Gasteiger partial charge in [0, 0.05) is 13.0 Å². The molecule has 1 amide bonds. The molecule has 2 aromatic rings. The van der Waals surface area contributed by atoms with E-state index in [4.69, 9.17) is 18.8 Å². The quantitative estimate of drug-likeness (QED) is 0.511. The Bertz CT molecular complexity index is 975. The van der Waals surface area contributed by atoms with Gasteiger partial charge >= 0.3 is 10.4 Å². The third-order valence-electron chi connectivity index (χ3n) is 4.25. The molecule has 0 atom stereocenters. The van der Waals surface area contributed by atoms with Gasteiger partial charge in [0.05, 0.1) is 21.3 Å². The van der Waals surface area contributed by atoms with Crippen LogP contribution in [0.15, 0.2) is 36.4 Å². The van der Waals surface area contributed by atoms with Crippen LogP contribution in [0.3, 0.4) is 0 Å². The van der Waals surface area contributed by atoms with Crippen molar-refractivity contribution >= 4 is 16.3 Å². The van der Waals surface area contributed by atoms with Crippen molar-refractivity contribution in [2.45, 2.75) is 19.3 Å². The second-order valence-electron chi connectivity index (χ2n) is 6.29. The number of rotatable bonds is 11. The van der Waals surface area contributed by atoms with Crippen molar-refractivity contribution in [2.75, 3.05) is 27.9 Å². The Labute approximate surface area is 175 Å². The molecular formula is C20H25NO8S. The lowest BCUT2D eigenvalue weighted by Crippen LogP contribution is -2.25. The molecule has 0 fully saturated rings. The van der Waals surface area contributed by atoms with Crippen LogP contribution in [0.1, 0.15) is 17.5 Å². The summed E-state index contributed by atoms with van der Waals surface area (Å²) < 4.78 is 50.7. The second kappa shape index (κ2) is 10.7. The minimum atomic E-state index is -4.68. The summed E-state index contributed by atoms with van der Waals surface area (Å²) in [5, 5.41) is 2.84. The number of nitrogens with one attached hydrogen (secondary N) is 1. The number of hydrogen-bond acceptors (Lipinski definition) is 7. The highest BCUT2D eigenvalue weighted by Crippen LogP contribution is 2.30. The average molecular weight is 439 g/mol. The Kier molecular flexibility index (Phi) is 8.31. The van der Waals surface area contributed by atoms with Crippen molar-refractivity contribution in [2.24, 2.45) is 0 Å². The maximum atomic E-state index is 12.1. The number of carbonyl (C=O) groups is 1. The molecule has 0 aliphatic rings. The van der Waals surface area contributed by atoms with Crippen molar-refractivity contribution < 1.29 is 36.2 Å². The predicted molar refractivity (Wildman–Crippen MR) is 110 cm³/mol. The van der Waals surface area contributed by atoms with Crippen LogP contribution in [-0.2, 0) is 28.0 Å². The molecular weight excluding hydrogens is 414 g/mol. The molecule has 0 bridgehead atoms. The number of benzene rings is 2. The minimum absolute atomic E-state index is 0.147. The van der Waals surface area contributed by atoms with Gasteiger partial charge in [-0.1, -0.05) is 12.1 Å². The van der Waals surface area contributed by atoms with Crippen LogP contribution in [-0.4, -0.2) is 46.8 Å². The maximum absolute atomic E-state index is 12.1. The van der Waals surface area contributed by atoms with Crippen LogP contribution in [0.5, 0.6) is 23.0 Å². The molecule has 0 unspecified atom stereocenters. The predicted octanol–water partition coefficient (Wildman–Crippen LogP) is 2.19. The largest absolute Gasteiger partial charge is 0.493 e. The fourth-order valence-corrected chi connectivity index (χ4v) is 3.14. The SMILES string of the molecule is COc1ccc(CCNC(=O)CCc2ccc(OC)c(OS(=O)(=O)O)c2)cc1OC. The van der Waals surface area contributed by atoms with E-state index in [1.165, 1.54) is 19.2 Å². The zero-order valence-electron chi connectivity index (χ0n) is 17.0. The molecule has 0 heterocycles. The number of ether oxygens (including phenoxy) is 3. The van der Waals surface area contributed by atoms with E-state index in [-0.39, 0.29) is 23.8 Å². The molecule has 2 N–H and O–H groups in total. The van der Waals surface area contributed by atoms with E-state index in [9.17, 15) is 13.2 Å². The molecule has 10 heteroatoms. The van der Waals surface area contributed by atoms with Gasteiger partial charge in [0.25, 0.3) is 0 Å². The lowest BCUT2D eigenvalue weighted by molar-refractivity contribution is -0.121. The summed E-state index contributed by atoms with van der Waals surface area (Å²) >= 11 is 0. The van der Waals surface area contributed by atoms with E-state index in [0.717, 1.165) is 5.56 Å². The summed E-state index contributed by atoms with van der Waals surface area (Å²) in [6, 6.07) is 10.2. The van der Waals surface area contributed by atoms with E-state index in [0.29, 0.717) is 36.4 Å². The number of amides is 1. The van der Waals surface area contributed by atoms with Crippen LogP contribution in [0, 0.1) is 0 Å². The first-order valence-electron chi connectivity index (χ1n) is 9.07. The summed E-state index contributed by atoms with van der Waals surface area (Å²) in [5.41, 5.74) is 1.65. The summed E-state index contributed by atoms with van der Waals surface area (Å²) in [5.74, 6) is 1.12. The van der Waals surface area contributed by atoms with Crippen LogP contribution < -0.4 is 23.7 Å². The van der Waals surface area contributed by atoms with Crippen LogP contribution in [0.25, 0.3) is 0 Å². The Morgan fingerprint density at radius 1 is 0.867 bits per heavy atom. The molecule has 0 aliphatic carbocycles. The summed E-state index contributed by atoms with van der Waals surface area (Å²) in [6.45, 7) is 0.452. The number of hydrogen-bond donors (Lipinski definition) is 2. The minimum Gasteiger partial charge on any atom is -0.493 e. The van der Waals surface area contributed by atoms with Gasteiger partial charge in [-0.25, -0.2) is 0 Å². The van der Waals surface area contributed by atoms with Gasteiger partial charge in [0.1, 0.15) is 0 Å². The lowest BCUT2D eigenvalue weighted by atomic mass is 10.1. The normalized spacial score (nSPS) is 10.9. The molecule has 0 aromatic heterocycles. The Morgan fingerprint density at radius 3 is 1.97 bits per heavy atom. The van der Waals surface area contributed by atoms with Crippen molar-refractivity contribution in [1.29, 1.82) is 0 Å². The van der Waals surface area contributed by atoms with Gasteiger partial charge < -0.3 is 23.7 Å². The zero-order chi connectivity index (χ0) is 22.1. The zero-order valence-corrected chi connectivity index (χ0v) is 17.8. The van der Waals surface area contributed by atoms with Crippen molar-refractivity contribution in [3.63, 3.8) is 0 Å². The monoisotopic (exact) mass is 439 g/mol. The first-order chi connectivity index (χ1) is 14.3.